The van der Waals surface area contributed by atoms with Gasteiger partial charge in [-0.25, -0.2) is 0 Å². The Morgan fingerprint density at radius 3 is 2.71 bits per heavy atom. The van der Waals surface area contributed by atoms with Crippen molar-refractivity contribution in [1.29, 1.82) is 0 Å². The third-order valence-electron chi connectivity index (χ3n) is 4.97. The molecule has 0 bridgehead atoms. The molecule has 0 saturated carbocycles. The summed E-state index contributed by atoms with van der Waals surface area (Å²) in [7, 11) is 2.06. The predicted octanol–water partition coefficient (Wildman–Crippen LogP) is 4.12. The summed E-state index contributed by atoms with van der Waals surface area (Å²) in [5.41, 5.74) is -0.498. The monoisotopic (exact) mass is 392 g/mol. The first-order valence-electron chi connectivity index (χ1n) is 8.91. The number of hydrogen-bond acceptors (Lipinski definition) is 6. The highest BCUT2D eigenvalue weighted by atomic mass is 19.4. The average molecular weight is 392 g/mol. The van der Waals surface area contributed by atoms with Gasteiger partial charge in [-0.2, -0.15) is 13.2 Å². The zero-order valence-electron chi connectivity index (χ0n) is 15.1. The molecule has 1 aliphatic rings. The number of nitrogens with zero attached hydrogens (tertiary/aromatic N) is 3. The molecule has 1 fully saturated rings. The number of aromatic hydroxyl groups is 1. The average Bonchev–Trinajstić information content (AvgIpc) is 3.12. The fourth-order valence-corrected chi connectivity index (χ4v) is 3.56. The highest BCUT2D eigenvalue weighted by Crippen LogP contribution is 2.39. The van der Waals surface area contributed by atoms with Gasteiger partial charge < -0.3 is 19.7 Å². The summed E-state index contributed by atoms with van der Waals surface area (Å²) in [6.45, 7) is 1.93. The number of likely N-dealkylation sites (tertiary alicyclic amines) is 1. The maximum absolute atomic E-state index is 12.8. The summed E-state index contributed by atoms with van der Waals surface area (Å²) >= 11 is 0. The summed E-state index contributed by atoms with van der Waals surface area (Å²) in [6, 6.07) is 3.01. The molecule has 4 rings (SSSR count). The number of piperidine rings is 1. The highest BCUT2D eigenvalue weighted by molar-refractivity contribution is 6.00. The smallest absolute Gasteiger partial charge is 0.416 e. The summed E-state index contributed by atoms with van der Waals surface area (Å²) in [5.74, 6) is 0.0421. The first-order valence-corrected chi connectivity index (χ1v) is 8.91. The predicted molar refractivity (Wildman–Crippen MR) is 98.0 cm³/mol. The SMILES string of the molecule is CN1CCC[C@@H](Nc2nnc(-c3ccc(C(F)(F)F)cc3O)c3cocc23)C1. The number of hydrogen-bond donors (Lipinski definition) is 2. The second kappa shape index (κ2) is 6.97. The molecule has 0 unspecified atom stereocenters. The van der Waals surface area contributed by atoms with Crippen LogP contribution in [0.3, 0.4) is 0 Å². The number of aromatic nitrogens is 2. The van der Waals surface area contributed by atoms with Gasteiger partial charge in [0.15, 0.2) is 5.82 Å². The van der Waals surface area contributed by atoms with Gasteiger partial charge in [0.2, 0.25) is 0 Å². The molecule has 2 N–H and O–H groups in total. The lowest BCUT2D eigenvalue weighted by molar-refractivity contribution is -0.137. The maximum Gasteiger partial charge on any atom is 0.416 e. The minimum atomic E-state index is -4.53. The maximum atomic E-state index is 12.8. The van der Waals surface area contributed by atoms with Crippen molar-refractivity contribution in [2.45, 2.75) is 25.1 Å². The first-order chi connectivity index (χ1) is 13.3. The van der Waals surface area contributed by atoms with Gasteiger partial charge in [-0.1, -0.05) is 0 Å². The quantitative estimate of drug-likeness (QED) is 0.699. The molecule has 3 heterocycles. The van der Waals surface area contributed by atoms with Crippen LogP contribution in [0.15, 0.2) is 35.1 Å². The van der Waals surface area contributed by atoms with Gasteiger partial charge in [0.05, 0.1) is 16.3 Å². The zero-order valence-corrected chi connectivity index (χ0v) is 15.1. The lowest BCUT2D eigenvalue weighted by Crippen LogP contribution is -2.39. The fourth-order valence-electron chi connectivity index (χ4n) is 3.56. The van der Waals surface area contributed by atoms with E-state index in [1.54, 1.807) is 0 Å². The summed E-state index contributed by atoms with van der Waals surface area (Å²) < 4.78 is 43.8. The van der Waals surface area contributed by atoms with Crippen molar-refractivity contribution in [2.75, 3.05) is 25.5 Å². The van der Waals surface area contributed by atoms with Crippen LogP contribution in [-0.4, -0.2) is 46.4 Å². The molecule has 0 radical (unpaired) electrons. The Bertz CT molecular complexity index is 1000. The Hall–Kier alpha value is -2.81. The van der Waals surface area contributed by atoms with Crippen molar-refractivity contribution in [1.82, 2.24) is 15.1 Å². The molecule has 3 aromatic rings. The molecule has 0 amide bonds. The van der Waals surface area contributed by atoms with Gasteiger partial charge in [0.25, 0.3) is 0 Å². The van der Waals surface area contributed by atoms with Crippen LogP contribution < -0.4 is 5.32 Å². The van der Waals surface area contributed by atoms with E-state index in [0.29, 0.717) is 22.7 Å². The van der Waals surface area contributed by atoms with E-state index in [0.717, 1.165) is 32.0 Å². The Morgan fingerprint density at radius 2 is 2.00 bits per heavy atom. The van der Waals surface area contributed by atoms with Gasteiger partial charge in [-0.15, -0.1) is 10.2 Å². The third kappa shape index (κ3) is 3.49. The van der Waals surface area contributed by atoms with Crippen molar-refractivity contribution in [3.05, 3.63) is 36.3 Å². The Labute approximate surface area is 159 Å². The molecule has 1 aliphatic heterocycles. The van der Waals surface area contributed by atoms with Gasteiger partial charge >= 0.3 is 6.18 Å². The van der Waals surface area contributed by atoms with E-state index < -0.39 is 17.5 Å². The molecule has 0 aliphatic carbocycles. The molecule has 28 heavy (non-hydrogen) atoms. The third-order valence-corrected chi connectivity index (χ3v) is 4.97. The Balaban J connectivity index is 1.70. The molecular formula is C19H19F3N4O2. The van der Waals surface area contributed by atoms with Crippen molar-refractivity contribution in [3.63, 3.8) is 0 Å². The van der Waals surface area contributed by atoms with Gasteiger partial charge in [0.1, 0.15) is 24.0 Å². The molecule has 2 aromatic heterocycles. The van der Waals surface area contributed by atoms with Crippen LogP contribution in [0, 0.1) is 0 Å². The van der Waals surface area contributed by atoms with E-state index in [1.807, 2.05) is 0 Å². The van der Waals surface area contributed by atoms with Crippen LogP contribution in [-0.2, 0) is 6.18 Å². The lowest BCUT2D eigenvalue weighted by Gasteiger charge is -2.30. The Morgan fingerprint density at radius 1 is 1.21 bits per heavy atom. The summed E-state index contributed by atoms with van der Waals surface area (Å²) in [6.07, 6.45) is 0.520. The number of halogens is 3. The molecular weight excluding hydrogens is 373 g/mol. The molecule has 148 valence electrons. The lowest BCUT2D eigenvalue weighted by atomic mass is 10.0. The number of rotatable bonds is 3. The van der Waals surface area contributed by atoms with Crippen LogP contribution in [0.2, 0.25) is 0 Å². The van der Waals surface area contributed by atoms with Crippen LogP contribution >= 0.6 is 0 Å². The van der Waals surface area contributed by atoms with Crippen LogP contribution in [0.1, 0.15) is 18.4 Å². The molecule has 9 heteroatoms. The fraction of sp³-hybridized carbons (Fsp3) is 0.368. The van der Waals surface area contributed by atoms with E-state index in [-0.39, 0.29) is 17.3 Å². The highest BCUT2D eigenvalue weighted by Gasteiger charge is 2.31. The molecule has 1 atom stereocenters. The van der Waals surface area contributed by atoms with Gasteiger partial charge in [0, 0.05) is 18.2 Å². The second-order valence-electron chi connectivity index (χ2n) is 7.07. The molecule has 6 nitrogen and oxygen atoms in total. The first kappa shape index (κ1) is 18.5. The van der Waals surface area contributed by atoms with E-state index in [1.165, 1.54) is 18.6 Å². The topological polar surface area (TPSA) is 74.4 Å². The van der Waals surface area contributed by atoms with Crippen LogP contribution in [0.25, 0.3) is 22.0 Å². The number of benzene rings is 1. The second-order valence-corrected chi connectivity index (χ2v) is 7.07. The minimum absolute atomic E-state index is 0.163. The zero-order chi connectivity index (χ0) is 19.9. The van der Waals surface area contributed by atoms with E-state index in [2.05, 4.69) is 27.5 Å². The normalized spacial score (nSPS) is 18.5. The van der Waals surface area contributed by atoms with Crippen LogP contribution in [0.5, 0.6) is 5.75 Å². The number of alkyl halides is 3. The standard InChI is InChI=1S/C19H19F3N4O2/c1-26-6-2-3-12(8-26)23-18-15-10-28-9-14(15)17(24-25-18)13-5-4-11(7-16(13)27)19(20,21)22/h4-5,7,9-10,12,27H,2-3,6,8H2,1H3,(H,23,25)/t12-/m1/s1. The Kier molecular flexibility index (Phi) is 4.62. The number of likely N-dealkylation sites (N-methyl/N-ethyl adjacent to an activating group) is 1. The van der Waals surface area contributed by atoms with Crippen molar-refractivity contribution in [2.24, 2.45) is 0 Å². The number of phenols is 1. The van der Waals surface area contributed by atoms with Crippen LogP contribution in [0.4, 0.5) is 19.0 Å². The largest absolute Gasteiger partial charge is 0.507 e. The number of nitrogens with one attached hydrogen (secondary N) is 1. The summed E-state index contributed by atoms with van der Waals surface area (Å²) in [5, 5.41) is 23.1. The van der Waals surface area contributed by atoms with Crippen molar-refractivity contribution >= 4 is 16.6 Å². The molecule has 0 spiro atoms. The number of fused-ring (bicyclic) bond motifs is 1. The summed E-state index contributed by atoms with van der Waals surface area (Å²) in [4.78, 5) is 2.23. The van der Waals surface area contributed by atoms with E-state index in [9.17, 15) is 18.3 Å². The van der Waals surface area contributed by atoms with Gasteiger partial charge in [-0.05, 0) is 44.6 Å². The minimum Gasteiger partial charge on any atom is -0.507 e. The van der Waals surface area contributed by atoms with E-state index >= 15 is 0 Å². The number of phenolic OH excluding ortho intramolecular Hbond substituents is 1. The number of anilines is 1. The molecule has 1 saturated heterocycles. The van der Waals surface area contributed by atoms with Crippen molar-refractivity contribution < 1.29 is 22.7 Å². The van der Waals surface area contributed by atoms with Gasteiger partial charge in [-0.3, -0.25) is 0 Å². The van der Waals surface area contributed by atoms with Crippen molar-refractivity contribution in [3.8, 4) is 17.0 Å². The van der Waals surface area contributed by atoms with E-state index in [4.69, 9.17) is 4.42 Å². The number of furan rings is 1. The molecule has 1 aromatic carbocycles.